The third-order valence-corrected chi connectivity index (χ3v) is 5.12. The Morgan fingerprint density at radius 3 is 2.33 bits per heavy atom. The highest BCUT2D eigenvalue weighted by molar-refractivity contribution is 5.92. The standard InChI is InChI=1S/C25H28N2O3/c1-17(2)24(25(29)26-16-18-11-13-21(30-3)14-12-18)27-23(28)15-20-9-6-8-19-7-4-5-10-22(19)20/h4-14,17,24H,15-16H2,1-3H3,(H,26,29)(H,27,28). The van der Waals surface area contributed by atoms with Crippen LogP contribution in [0.25, 0.3) is 10.8 Å². The topological polar surface area (TPSA) is 67.4 Å². The number of ether oxygens (including phenoxy) is 1. The SMILES string of the molecule is COc1ccc(CNC(=O)C(NC(=O)Cc2cccc3ccccc23)C(C)C)cc1. The van der Waals surface area contributed by atoms with Crippen LogP contribution in [0.2, 0.25) is 0 Å². The molecule has 1 unspecified atom stereocenters. The molecule has 0 aliphatic rings. The molecule has 3 aromatic rings. The molecule has 2 amide bonds. The van der Waals surface area contributed by atoms with Gasteiger partial charge in [0.2, 0.25) is 11.8 Å². The van der Waals surface area contributed by atoms with E-state index >= 15 is 0 Å². The minimum atomic E-state index is -0.592. The number of methoxy groups -OCH3 is 1. The third-order valence-electron chi connectivity index (χ3n) is 5.12. The van der Waals surface area contributed by atoms with Gasteiger partial charge in [0.15, 0.2) is 0 Å². The van der Waals surface area contributed by atoms with Crippen LogP contribution in [-0.2, 0) is 22.6 Å². The van der Waals surface area contributed by atoms with E-state index in [1.54, 1.807) is 7.11 Å². The molecule has 5 nitrogen and oxygen atoms in total. The summed E-state index contributed by atoms with van der Waals surface area (Å²) in [6.07, 6.45) is 0.232. The number of rotatable bonds is 8. The minimum absolute atomic E-state index is 0.0302. The van der Waals surface area contributed by atoms with Crippen molar-refractivity contribution >= 4 is 22.6 Å². The fraction of sp³-hybridized carbons (Fsp3) is 0.280. The van der Waals surface area contributed by atoms with Crippen LogP contribution in [0.1, 0.15) is 25.0 Å². The smallest absolute Gasteiger partial charge is 0.243 e. The summed E-state index contributed by atoms with van der Waals surface area (Å²) in [5.41, 5.74) is 1.92. The van der Waals surface area contributed by atoms with Gasteiger partial charge >= 0.3 is 0 Å². The molecule has 5 heteroatoms. The monoisotopic (exact) mass is 404 g/mol. The van der Waals surface area contributed by atoms with Gasteiger partial charge in [0.1, 0.15) is 11.8 Å². The molecule has 3 aromatic carbocycles. The molecule has 0 aromatic heterocycles. The molecule has 0 saturated carbocycles. The maximum Gasteiger partial charge on any atom is 0.243 e. The van der Waals surface area contributed by atoms with Crippen molar-refractivity contribution in [3.05, 3.63) is 77.9 Å². The van der Waals surface area contributed by atoms with Crippen LogP contribution in [0.3, 0.4) is 0 Å². The van der Waals surface area contributed by atoms with Crippen LogP contribution in [0.4, 0.5) is 0 Å². The summed E-state index contributed by atoms with van der Waals surface area (Å²) in [7, 11) is 1.62. The molecule has 0 fully saturated rings. The molecule has 2 N–H and O–H groups in total. The Kier molecular flexibility index (Phi) is 7.07. The quantitative estimate of drug-likeness (QED) is 0.599. The molecular weight excluding hydrogens is 376 g/mol. The van der Waals surface area contributed by atoms with E-state index in [0.717, 1.165) is 27.6 Å². The second-order valence-electron chi connectivity index (χ2n) is 7.67. The average Bonchev–Trinajstić information content (AvgIpc) is 2.76. The lowest BCUT2D eigenvalue weighted by Gasteiger charge is -2.22. The van der Waals surface area contributed by atoms with E-state index in [4.69, 9.17) is 4.74 Å². The molecule has 30 heavy (non-hydrogen) atoms. The van der Waals surface area contributed by atoms with Gasteiger partial charge in [-0.1, -0.05) is 68.4 Å². The zero-order chi connectivity index (χ0) is 21.5. The van der Waals surface area contributed by atoms with E-state index in [2.05, 4.69) is 10.6 Å². The summed E-state index contributed by atoms with van der Waals surface area (Å²) < 4.78 is 5.15. The number of nitrogens with one attached hydrogen (secondary N) is 2. The third kappa shape index (κ3) is 5.38. The highest BCUT2D eigenvalue weighted by Crippen LogP contribution is 2.19. The van der Waals surface area contributed by atoms with Gasteiger partial charge in [0.05, 0.1) is 13.5 Å². The maximum atomic E-state index is 12.7. The number of hydrogen-bond acceptors (Lipinski definition) is 3. The summed E-state index contributed by atoms with van der Waals surface area (Å²) in [6, 6.07) is 20.8. The molecular formula is C25H28N2O3. The molecule has 0 bridgehead atoms. The fourth-order valence-corrected chi connectivity index (χ4v) is 3.42. The van der Waals surface area contributed by atoms with Gasteiger partial charge in [-0.15, -0.1) is 0 Å². The molecule has 1 atom stereocenters. The van der Waals surface area contributed by atoms with Gasteiger partial charge in [-0.05, 0) is 39.9 Å². The molecule has 0 spiro atoms. The van der Waals surface area contributed by atoms with Crippen molar-refractivity contribution in [1.29, 1.82) is 0 Å². The van der Waals surface area contributed by atoms with Crippen molar-refractivity contribution in [3.8, 4) is 5.75 Å². The Balaban J connectivity index is 1.62. The van der Waals surface area contributed by atoms with Crippen LogP contribution >= 0.6 is 0 Å². The molecule has 3 rings (SSSR count). The zero-order valence-electron chi connectivity index (χ0n) is 17.6. The second-order valence-corrected chi connectivity index (χ2v) is 7.67. The first-order valence-corrected chi connectivity index (χ1v) is 10.1. The molecule has 0 radical (unpaired) electrons. The van der Waals surface area contributed by atoms with Crippen LogP contribution < -0.4 is 15.4 Å². The van der Waals surface area contributed by atoms with Crippen LogP contribution in [-0.4, -0.2) is 25.0 Å². The fourth-order valence-electron chi connectivity index (χ4n) is 3.42. The lowest BCUT2D eigenvalue weighted by atomic mass is 10.00. The van der Waals surface area contributed by atoms with Crippen molar-refractivity contribution in [2.75, 3.05) is 7.11 Å². The van der Waals surface area contributed by atoms with E-state index in [-0.39, 0.29) is 24.2 Å². The highest BCUT2D eigenvalue weighted by atomic mass is 16.5. The van der Waals surface area contributed by atoms with Crippen LogP contribution in [0.15, 0.2) is 66.7 Å². The van der Waals surface area contributed by atoms with Gasteiger partial charge in [-0.2, -0.15) is 0 Å². The predicted molar refractivity (Wildman–Crippen MR) is 119 cm³/mol. The number of carbonyl (C=O) groups is 2. The average molecular weight is 405 g/mol. The second kappa shape index (κ2) is 9.92. The van der Waals surface area contributed by atoms with Gasteiger partial charge in [-0.25, -0.2) is 0 Å². The van der Waals surface area contributed by atoms with Gasteiger partial charge in [0.25, 0.3) is 0 Å². The molecule has 0 aliphatic carbocycles. The van der Waals surface area contributed by atoms with E-state index in [1.807, 2.05) is 80.6 Å². The number of carbonyl (C=O) groups excluding carboxylic acids is 2. The summed E-state index contributed by atoms with van der Waals surface area (Å²) in [6.45, 7) is 4.25. The van der Waals surface area contributed by atoms with E-state index < -0.39 is 6.04 Å². The van der Waals surface area contributed by atoms with Crippen molar-refractivity contribution in [3.63, 3.8) is 0 Å². The number of hydrogen-bond donors (Lipinski definition) is 2. The highest BCUT2D eigenvalue weighted by Gasteiger charge is 2.24. The molecule has 156 valence electrons. The molecule has 0 aliphatic heterocycles. The summed E-state index contributed by atoms with van der Waals surface area (Å²) >= 11 is 0. The first-order valence-electron chi connectivity index (χ1n) is 10.1. The Bertz CT molecular complexity index is 1010. The normalized spacial score (nSPS) is 11.9. The maximum absolute atomic E-state index is 12.7. The number of fused-ring (bicyclic) bond motifs is 1. The number of amides is 2. The zero-order valence-corrected chi connectivity index (χ0v) is 17.6. The summed E-state index contributed by atoms with van der Waals surface area (Å²) in [4.78, 5) is 25.4. The molecule has 0 heterocycles. The van der Waals surface area contributed by atoms with E-state index in [9.17, 15) is 9.59 Å². The minimum Gasteiger partial charge on any atom is -0.497 e. The van der Waals surface area contributed by atoms with Crippen molar-refractivity contribution in [2.45, 2.75) is 32.9 Å². The Labute approximate surface area is 177 Å². The Morgan fingerprint density at radius 1 is 0.933 bits per heavy atom. The predicted octanol–water partition coefficient (Wildman–Crippen LogP) is 3.85. The van der Waals surface area contributed by atoms with Gasteiger partial charge in [-0.3, -0.25) is 9.59 Å². The largest absolute Gasteiger partial charge is 0.497 e. The molecule has 0 saturated heterocycles. The lowest BCUT2D eigenvalue weighted by molar-refractivity contribution is -0.129. The number of benzene rings is 3. The van der Waals surface area contributed by atoms with E-state index in [1.165, 1.54) is 0 Å². The van der Waals surface area contributed by atoms with Crippen LogP contribution in [0, 0.1) is 5.92 Å². The lowest BCUT2D eigenvalue weighted by Crippen LogP contribution is -2.49. The van der Waals surface area contributed by atoms with Gasteiger partial charge < -0.3 is 15.4 Å². The first kappa shape index (κ1) is 21.4. The summed E-state index contributed by atoms with van der Waals surface area (Å²) in [5.74, 6) is 0.389. The van der Waals surface area contributed by atoms with E-state index in [0.29, 0.717) is 6.54 Å². The van der Waals surface area contributed by atoms with Crippen molar-refractivity contribution < 1.29 is 14.3 Å². The van der Waals surface area contributed by atoms with Crippen molar-refractivity contribution in [1.82, 2.24) is 10.6 Å². The van der Waals surface area contributed by atoms with Gasteiger partial charge in [0, 0.05) is 6.54 Å². The Morgan fingerprint density at radius 2 is 1.63 bits per heavy atom. The summed E-state index contributed by atoms with van der Waals surface area (Å²) in [5, 5.41) is 7.99. The van der Waals surface area contributed by atoms with Crippen molar-refractivity contribution in [2.24, 2.45) is 5.92 Å². The first-order chi connectivity index (χ1) is 14.5. The van der Waals surface area contributed by atoms with Crippen LogP contribution in [0.5, 0.6) is 5.75 Å². The Hall–Kier alpha value is -3.34.